The van der Waals surface area contributed by atoms with Crippen molar-refractivity contribution in [1.29, 1.82) is 0 Å². The van der Waals surface area contributed by atoms with Crippen molar-refractivity contribution in [3.8, 4) is 17.2 Å². The standard InChI is InChI=1S/C18H23NO3/c1-5-19(15-7-6-8-18(13-15)21-4)14(2)22-17-11-9-16(20-3)10-12-17/h6-14H,5H2,1-4H3. The maximum absolute atomic E-state index is 6.02. The first-order valence-electron chi connectivity index (χ1n) is 7.39. The molecule has 0 fully saturated rings. The summed E-state index contributed by atoms with van der Waals surface area (Å²) in [6.07, 6.45) is -0.0921. The van der Waals surface area contributed by atoms with Crippen LogP contribution < -0.4 is 19.1 Å². The van der Waals surface area contributed by atoms with E-state index in [0.29, 0.717) is 0 Å². The van der Waals surface area contributed by atoms with Gasteiger partial charge in [0.1, 0.15) is 17.2 Å². The van der Waals surface area contributed by atoms with E-state index < -0.39 is 0 Å². The fourth-order valence-electron chi connectivity index (χ4n) is 2.35. The molecule has 0 radical (unpaired) electrons. The zero-order valence-electron chi connectivity index (χ0n) is 13.6. The number of anilines is 1. The van der Waals surface area contributed by atoms with Crippen LogP contribution in [-0.4, -0.2) is 27.0 Å². The molecule has 0 aliphatic rings. The van der Waals surface area contributed by atoms with Gasteiger partial charge in [0.2, 0.25) is 0 Å². The first kappa shape index (κ1) is 16.0. The van der Waals surface area contributed by atoms with E-state index in [1.807, 2.05) is 49.4 Å². The van der Waals surface area contributed by atoms with Crippen molar-refractivity contribution in [1.82, 2.24) is 0 Å². The molecule has 22 heavy (non-hydrogen) atoms. The summed E-state index contributed by atoms with van der Waals surface area (Å²) < 4.78 is 16.5. The van der Waals surface area contributed by atoms with Gasteiger partial charge >= 0.3 is 0 Å². The van der Waals surface area contributed by atoms with Crippen LogP contribution in [0.15, 0.2) is 48.5 Å². The zero-order valence-corrected chi connectivity index (χ0v) is 13.6. The van der Waals surface area contributed by atoms with Crippen LogP contribution in [0.3, 0.4) is 0 Å². The lowest BCUT2D eigenvalue weighted by Gasteiger charge is -2.30. The van der Waals surface area contributed by atoms with Gasteiger partial charge in [0, 0.05) is 18.3 Å². The number of hydrogen-bond donors (Lipinski definition) is 0. The third-order valence-electron chi connectivity index (χ3n) is 3.53. The number of rotatable bonds is 7. The molecule has 0 bridgehead atoms. The lowest BCUT2D eigenvalue weighted by atomic mass is 10.2. The summed E-state index contributed by atoms with van der Waals surface area (Å²) in [6, 6.07) is 15.6. The number of hydrogen-bond acceptors (Lipinski definition) is 4. The van der Waals surface area contributed by atoms with Crippen LogP contribution in [0.25, 0.3) is 0 Å². The molecule has 4 nitrogen and oxygen atoms in total. The van der Waals surface area contributed by atoms with Crippen molar-refractivity contribution in [3.05, 3.63) is 48.5 Å². The molecule has 2 aromatic carbocycles. The van der Waals surface area contributed by atoms with Gasteiger partial charge < -0.3 is 19.1 Å². The van der Waals surface area contributed by atoms with E-state index in [1.54, 1.807) is 14.2 Å². The molecule has 2 aromatic rings. The van der Waals surface area contributed by atoms with Gasteiger partial charge in [-0.25, -0.2) is 0 Å². The van der Waals surface area contributed by atoms with Crippen molar-refractivity contribution >= 4 is 5.69 Å². The Morgan fingerprint density at radius 1 is 0.909 bits per heavy atom. The lowest BCUT2D eigenvalue weighted by Crippen LogP contribution is -2.37. The Kier molecular flexibility index (Phi) is 5.53. The Morgan fingerprint density at radius 2 is 1.55 bits per heavy atom. The number of nitrogens with zero attached hydrogens (tertiary/aromatic N) is 1. The SMILES string of the molecule is CCN(c1cccc(OC)c1)C(C)Oc1ccc(OC)cc1. The van der Waals surface area contributed by atoms with Crippen LogP contribution >= 0.6 is 0 Å². The van der Waals surface area contributed by atoms with E-state index >= 15 is 0 Å². The van der Waals surface area contributed by atoms with Gasteiger partial charge in [-0.2, -0.15) is 0 Å². The Balaban J connectivity index is 2.11. The van der Waals surface area contributed by atoms with Gasteiger partial charge in [0.05, 0.1) is 14.2 Å². The Bertz CT molecular complexity index is 583. The second kappa shape index (κ2) is 7.59. The van der Waals surface area contributed by atoms with Crippen LogP contribution in [0.1, 0.15) is 13.8 Å². The molecule has 0 aromatic heterocycles. The van der Waals surface area contributed by atoms with Gasteiger partial charge in [0.25, 0.3) is 0 Å². The molecule has 0 aliphatic carbocycles. The highest BCUT2D eigenvalue weighted by molar-refractivity contribution is 5.51. The van der Waals surface area contributed by atoms with Crippen LogP contribution in [0.2, 0.25) is 0 Å². The second-order valence-electron chi connectivity index (χ2n) is 4.88. The fraction of sp³-hybridized carbons (Fsp3) is 0.333. The molecule has 0 spiro atoms. The van der Waals surface area contributed by atoms with E-state index in [1.165, 1.54) is 0 Å². The molecule has 0 N–H and O–H groups in total. The zero-order chi connectivity index (χ0) is 15.9. The molecule has 1 unspecified atom stereocenters. The van der Waals surface area contributed by atoms with Crippen LogP contribution in [0.5, 0.6) is 17.2 Å². The monoisotopic (exact) mass is 301 g/mol. The minimum Gasteiger partial charge on any atom is -0.497 e. The Labute approximate surface area is 132 Å². The normalized spacial score (nSPS) is 11.6. The molecule has 0 saturated carbocycles. The van der Waals surface area contributed by atoms with Crippen molar-refractivity contribution in [2.24, 2.45) is 0 Å². The predicted molar refractivity (Wildman–Crippen MR) is 89.1 cm³/mol. The molecule has 0 heterocycles. The highest BCUT2D eigenvalue weighted by atomic mass is 16.5. The van der Waals surface area contributed by atoms with E-state index in [9.17, 15) is 0 Å². The largest absolute Gasteiger partial charge is 0.497 e. The van der Waals surface area contributed by atoms with Gasteiger partial charge in [-0.05, 0) is 50.2 Å². The first-order valence-corrected chi connectivity index (χ1v) is 7.39. The summed E-state index contributed by atoms with van der Waals surface area (Å²) in [5, 5.41) is 0. The lowest BCUT2D eigenvalue weighted by molar-refractivity contribution is 0.216. The quantitative estimate of drug-likeness (QED) is 0.724. The van der Waals surface area contributed by atoms with Crippen molar-refractivity contribution in [2.75, 3.05) is 25.7 Å². The fourth-order valence-corrected chi connectivity index (χ4v) is 2.35. The van der Waals surface area contributed by atoms with Crippen molar-refractivity contribution in [2.45, 2.75) is 20.1 Å². The number of ether oxygens (including phenoxy) is 3. The van der Waals surface area contributed by atoms with Crippen LogP contribution in [0.4, 0.5) is 5.69 Å². The molecule has 1 atom stereocenters. The minimum absolute atomic E-state index is 0.0921. The van der Waals surface area contributed by atoms with E-state index in [2.05, 4.69) is 17.9 Å². The molecule has 4 heteroatoms. The number of benzene rings is 2. The molecular formula is C18H23NO3. The summed E-state index contributed by atoms with van der Waals surface area (Å²) >= 11 is 0. The highest BCUT2D eigenvalue weighted by Gasteiger charge is 2.15. The molecule has 0 saturated heterocycles. The van der Waals surface area contributed by atoms with E-state index in [0.717, 1.165) is 29.5 Å². The summed E-state index contributed by atoms with van der Waals surface area (Å²) in [5.74, 6) is 2.47. The molecule has 0 aliphatic heterocycles. The topological polar surface area (TPSA) is 30.9 Å². The maximum atomic E-state index is 6.02. The summed E-state index contributed by atoms with van der Waals surface area (Å²) in [6.45, 7) is 4.98. The minimum atomic E-state index is -0.0921. The van der Waals surface area contributed by atoms with Gasteiger partial charge in [0.15, 0.2) is 6.23 Å². The van der Waals surface area contributed by atoms with E-state index in [-0.39, 0.29) is 6.23 Å². The molecular weight excluding hydrogens is 278 g/mol. The molecule has 0 amide bonds. The summed E-state index contributed by atoms with van der Waals surface area (Å²) in [4.78, 5) is 2.17. The Morgan fingerprint density at radius 3 is 2.14 bits per heavy atom. The smallest absolute Gasteiger partial charge is 0.169 e. The number of methoxy groups -OCH3 is 2. The average Bonchev–Trinajstić information content (AvgIpc) is 2.56. The van der Waals surface area contributed by atoms with Gasteiger partial charge in [-0.3, -0.25) is 0 Å². The third-order valence-corrected chi connectivity index (χ3v) is 3.53. The predicted octanol–water partition coefficient (Wildman–Crippen LogP) is 3.96. The first-order chi connectivity index (χ1) is 10.7. The molecule has 2 rings (SSSR count). The summed E-state index contributed by atoms with van der Waals surface area (Å²) in [7, 11) is 3.33. The highest BCUT2D eigenvalue weighted by Crippen LogP contribution is 2.25. The van der Waals surface area contributed by atoms with Crippen LogP contribution in [0, 0.1) is 0 Å². The van der Waals surface area contributed by atoms with Crippen molar-refractivity contribution in [3.63, 3.8) is 0 Å². The maximum Gasteiger partial charge on any atom is 0.169 e. The van der Waals surface area contributed by atoms with Crippen molar-refractivity contribution < 1.29 is 14.2 Å². The average molecular weight is 301 g/mol. The molecule has 118 valence electrons. The second-order valence-corrected chi connectivity index (χ2v) is 4.88. The third kappa shape index (κ3) is 3.85. The summed E-state index contributed by atoms with van der Waals surface area (Å²) in [5.41, 5.74) is 1.07. The van der Waals surface area contributed by atoms with Gasteiger partial charge in [-0.15, -0.1) is 0 Å². The van der Waals surface area contributed by atoms with E-state index in [4.69, 9.17) is 14.2 Å². The Hall–Kier alpha value is -2.36. The van der Waals surface area contributed by atoms with Crippen LogP contribution in [-0.2, 0) is 0 Å². The van der Waals surface area contributed by atoms with Gasteiger partial charge in [-0.1, -0.05) is 6.07 Å².